The number of hydrogen-bond donors (Lipinski definition) is 2. The van der Waals surface area contributed by atoms with Crippen molar-refractivity contribution in [3.8, 4) is 0 Å². The third-order valence-electron chi connectivity index (χ3n) is 0.944. The molecule has 0 aromatic heterocycles. The van der Waals surface area contributed by atoms with E-state index in [4.69, 9.17) is 10.2 Å². The molecular formula is C6H12O4S2. The molecule has 0 aliphatic carbocycles. The second kappa shape index (κ2) is 7.60. The van der Waals surface area contributed by atoms with E-state index in [2.05, 4.69) is 0 Å². The Hall–Kier alpha value is -0.0400. The molecule has 2 unspecified atom stereocenters. The minimum absolute atomic E-state index is 0.149. The Morgan fingerprint density at radius 3 is 1.50 bits per heavy atom. The lowest BCUT2D eigenvalue weighted by Crippen LogP contribution is -2.01. The minimum Gasteiger partial charge on any atom is -0.395 e. The van der Waals surface area contributed by atoms with Gasteiger partial charge in [0.15, 0.2) is 0 Å². The highest BCUT2D eigenvalue weighted by Gasteiger charge is 1.94. The monoisotopic (exact) mass is 212 g/mol. The lowest BCUT2D eigenvalue weighted by Gasteiger charge is -1.91. The molecule has 0 saturated heterocycles. The number of rotatable bonds is 6. The normalized spacial score (nSPS) is 16.5. The van der Waals surface area contributed by atoms with Crippen LogP contribution in [0.5, 0.6) is 0 Å². The average molecular weight is 212 g/mol. The maximum absolute atomic E-state index is 10.8. The van der Waals surface area contributed by atoms with Crippen LogP contribution in [0.1, 0.15) is 0 Å². The van der Waals surface area contributed by atoms with E-state index < -0.39 is 21.6 Å². The molecule has 6 heteroatoms. The first-order valence-electron chi connectivity index (χ1n) is 3.35. The van der Waals surface area contributed by atoms with E-state index in [1.54, 1.807) is 0 Å². The summed E-state index contributed by atoms with van der Waals surface area (Å²) in [4.78, 5) is 0. The van der Waals surface area contributed by atoms with Gasteiger partial charge in [0.1, 0.15) is 0 Å². The summed E-state index contributed by atoms with van der Waals surface area (Å²) in [6.07, 6.45) is 0. The molecule has 12 heavy (non-hydrogen) atoms. The molecule has 0 saturated carbocycles. The van der Waals surface area contributed by atoms with Crippen LogP contribution in [0, 0.1) is 0 Å². The Morgan fingerprint density at radius 2 is 1.25 bits per heavy atom. The predicted molar refractivity (Wildman–Crippen MR) is 49.3 cm³/mol. The van der Waals surface area contributed by atoms with Gasteiger partial charge in [-0.3, -0.25) is 8.42 Å². The summed E-state index contributed by atoms with van der Waals surface area (Å²) >= 11 is 0. The second-order valence-corrected chi connectivity index (χ2v) is 4.77. The molecule has 0 aromatic rings. The molecule has 0 aromatic carbocycles. The third kappa shape index (κ3) is 6.66. The number of aliphatic hydroxyl groups excluding tert-OH is 2. The van der Waals surface area contributed by atoms with E-state index in [9.17, 15) is 8.42 Å². The SMILES string of the molecule is O=S(/C=C\S(=O)CCO)CCO. The zero-order valence-corrected chi connectivity index (χ0v) is 8.14. The van der Waals surface area contributed by atoms with Crippen molar-refractivity contribution in [1.82, 2.24) is 0 Å². The molecule has 0 fully saturated rings. The fraction of sp³-hybridized carbons (Fsp3) is 0.667. The lowest BCUT2D eigenvalue weighted by molar-refractivity contribution is 0.321. The van der Waals surface area contributed by atoms with Gasteiger partial charge in [0.25, 0.3) is 0 Å². The molecule has 2 atom stereocenters. The van der Waals surface area contributed by atoms with E-state index in [0.717, 1.165) is 0 Å². The molecule has 0 aliphatic heterocycles. The first-order valence-corrected chi connectivity index (χ1v) is 6.11. The molecule has 2 N–H and O–H groups in total. The first-order chi connectivity index (χ1) is 5.70. The fourth-order valence-corrected chi connectivity index (χ4v) is 2.06. The Bertz CT molecular complexity index is 170. The van der Waals surface area contributed by atoms with Gasteiger partial charge < -0.3 is 10.2 Å². The largest absolute Gasteiger partial charge is 0.395 e. The van der Waals surface area contributed by atoms with Gasteiger partial charge >= 0.3 is 0 Å². The van der Waals surface area contributed by atoms with Gasteiger partial charge in [-0.05, 0) is 0 Å². The topological polar surface area (TPSA) is 74.6 Å². The van der Waals surface area contributed by atoms with Crippen molar-refractivity contribution in [2.45, 2.75) is 0 Å². The van der Waals surface area contributed by atoms with Crippen LogP contribution in [-0.2, 0) is 21.6 Å². The van der Waals surface area contributed by atoms with Gasteiger partial charge in [-0.25, -0.2) is 0 Å². The van der Waals surface area contributed by atoms with Crippen LogP contribution in [0.4, 0.5) is 0 Å². The summed E-state index contributed by atoms with van der Waals surface area (Å²) in [5.41, 5.74) is 0. The van der Waals surface area contributed by atoms with E-state index in [-0.39, 0.29) is 24.7 Å². The van der Waals surface area contributed by atoms with Crippen LogP contribution in [-0.4, -0.2) is 43.4 Å². The predicted octanol–water partition coefficient (Wildman–Crippen LogP) is -1.06. The molecule has 0 heterocycles. The van der Waals surface area contributed by atoms with Gasteiger partial charge in [-0.1, -0.05) is 0 Å². The maximum Gasteiger partial charge on any atom is 0.0549 e. The summed E-state index contributed by atoms with van der Waals surface area (Å²) in [6.45, 7) is -0.298. The molecule has 0 aliphatic rings. The Labute approximate surface area is 76.2 Å². The summed E-state index contributed by atoms with van der Waals surface area (Å²) in [5.74, 6) is 0.319. The molecule has 0 rings (SSSR count). The second-order valence-electron chi connectivity index (χ2n) is 1.89. The highest BCUT2D eigenvalue weighted by molar-refractivity contribution is 7.91. The van der Waals surface area contributed by atoms with Crippen LogP contribution in [0.2, 0.25) is 0 Å². The van der Waals surface area contributed by atoms with E-state index in [1.165, 1.54) is 10.8 Å². The standard InChI is InChI=1S/C6H12O4S2/c7-1-3-11(9)5-6-12(10)4-2-8/h5-8H,1-4H2/b6-5-. The molecule has 4 nitrogen and oxygen atoms in total. The first kappa shape index (κ1) is 12.0. The molecule has 0 spiro atoms. The van der Waals surface area contributed by atoms with Crippen molar-refractivity contribution in [2.24, 2.45) is 0 Å². The average Bonchev–Trinajstić information content (AvgIpc) is 2.02. The smallest absolute Gasteiger partial charge is 0.0549 e. The lowest BCUT2D eigenvalue weighted by atomic mass is 10.9. The zero-order valence-electron chi connectivity index (χ0n) is 6.51. The molecule has 72 valence electrons. The van der Waals surface area contributed by atoms with Crippen LogP contribution >= 0.6 is 0 Å². The summed E-state index contributed by atoms with van der Waals surface area (Å²) in [5, 5.41) is 19.3. The highest BCUT2D eigenvalue weighted by atomic mass is 32.2. The highest BCUT2D eigenvalue weighted by Crippen LogP contribution is 1.89. The van der Waals surface area contributed by atoms with Crippen LogP contribution in [0.3, 0.4) is 0 Å². The van der Waals surface area contributed by atoms with Crippen LogP contribution in [0.15, 0.2) is 10.8 Å². The summed E-state index contributed by atoms with van der Waals surface area (Å²) in [7, 11) is -2.50. The Balaban J connectivity index is 3.73. The summed E-state index contributed by atoms with van der Waals surface area (Å²) < 4.78 is 21.6. The van der Waals surface area contributed by atoms with Crippen molar-refractivity contribution in [3.05, 3.63) is 10.8 Å². The van der Waals surface area contributed by atoms with Crippen LogP contribution in [0.25, 0.3) is 0 Å². The quantitative estimate of drug-likeness (QED) is 0.588. The maximum atomic E-state index is 10.8. The van der Waals surface area contributed by atoms with Gasteiger partial charge in [-0.15, -0.1) is 0 Å². The number of aliphatic hydroxyl groups is 2. The van der Waals surface area contributed by atoms with Crippen molar-refractivity contribution < 1.29 is 18.6 Å². The molecular weight excluding hydrogens is 200 g/mol. The van der Waals surface area contributed by atoms with Gasteiger partial charge in [0.05, 0.1) is 24.7 Å². The van der Waals surface area contributed by atoms with Crippen molar-refractivity contribution in [1.29, 1.82) is 0 Å². The van der Waals surface area contributed by atoms with E-state index in [1.807, 2.05) is 0 Å². The Morgan fingerprint density at radius 1 is 0.917 bits per heavy atom. The molecule has 0 amide bonds. The van der Waals surface area contributed by atoms with Gasteiger partial charge in [0.2, 0.25) is 0 Å². The van der Waals surface area contributed by atoms with Crippen LogP contribution < -0.4 is 0 Å². The number of hydrogen-bond acceptors (Lipinski definition) is 4. The van der Waals surface area contributed by atoms with Crippen molar-refractivity contribution in [3.63, 3.8) is 0 Å². The van der Waals surface area contributed by atoms with Crippen molar-refractivity contribution >= 4 is 21.6 Å². The molecule has 0 bridgehead atoms. The molecule has 0 radical (unpaired) electrons. The van der Waals surface area contributed by atoms with E-state index in [0.29, 0.717) is 0 Å². The Kier molecular flexibility index (Phi) is 7.58. The zero-order chi connectivity index (χ0) is 9.40. The minimum atomic E-state index is -1.25. The summed E-state index contributed by atoms with van der Waals surface area (Å²) in [6, 6.07) is 0. The van der Waals surface area contributed by atoms with Gasteiger partial charge in [-0.2, -0.15) is 0 Å². The van der Waals surface area contributed by atoms with Crippen molar-refractivity contribution in [2.75, 3.05) is 24.7 Å². The third-order valence-corrected chi connectivity index (χ3v) is 3.17. The van der Waals surface area contributed by atoms with Gasteiger partial charge in [0, 0.05) is 32.4 Å². The van der Waals surface area contributed by atoms with E-state index >= 15 is 0 Å². The fourth-order valence-electron chi connectivity index (χ4n) is 0.440.